The number of hydrogen-bond acceptors (Lipinski definition) is 6. The van der Waals surface area contributed by atoms with Crippen molar-refractivity contribution in [3.05, 3.63) is 90.8 Å². The first-order valence-electron chi connectivity index (χ1n) is 8.90. The summed E-state index contributed by atoms with van der Waals surface area (Å²) < 4.78 is 11.1. The number of hydrogen-bond donors (Lipinski definition) is 3. The highest BCUT2D eigenvalue weighted by Crippen LogP contribution is 2.44. The van der Waals surface area contributed by atoms with E-state index in [1.54, 1.807) is 31.4 Å². The van der Waals surface area contributed by atoms with E-state index in [1.807, 2.05) is 24.3 Å². The van der Waals surface area contributed by atoms with Crippen LogP contribution in [0.15, 0.2) is 62.5 Å². The second-order valence-corrected chi connectivity index (χ2v) is 7.11. The van der Waals surface area contributed by atoms with Crippen LogP contribution in [-0.4, -0.2) is 17.1 Å². The smallest absolute Gasteiger partial charge is 0.342 e. The van der Waals surface area contributed by atoms with Crippen LogP contribution in [0.3, 0.4) is 0 Å². The van der Waals surface area contributed by atoms with Crippen LogP contribution in [0.1, 0.15) is 22.6 Å². The molecule has 0 bridgehead atoms. The van der Waals surface area contributed by atoms with Crippen molar-refractivity contribution in [3.63, 3.8) is 0 Å². The lowest BCUT2D eigenvalue weighted by Crippen LogP contribution is -2.29. The zero-order valence-electron chi connectivity index (χ0n) is 15.2. The van der Waals surface area contributed by atoms with Gasteiger partial charge in [-0.2, -0.15) is 0 Å². The third kappa shape index (κ3) is 2.68. The molecule has 7 nitrogen and oxygen atoms in total. The van der Waals surface area contributed by atoms with Crippen molar-refractivity contribution in [2.24, 2.45) is 0 Å². The number of H-pyrrole nitrogens is 2. The van der Waals surface area contributed by atoms with Crippen molar-refractivity contribution in [1.29, 1.82) is 0 Å². The molecule has 144 valence electrons. The van der Waals surface area contributed by atoms with Gasteiger partial charge in [0.2, 0.25) is 0 Å². The number of para-hydroxylation sites is 1. The van der Waals surface area contributed by atoms with Gasteiger partial charge in [0.25, 0.3) is 5.56 Å². The van der Waals surface area contributed by atoms with Gasteiger partial charge in [-0.3, -0.25) is 9.78 Å². The Labute approximate surface area is 169 Å². The van der Waals surface area contributed by atoms with Gasteiger partial charge in [0.05, 0.1) is 29.8 Å². The van der Waals surface area contributed by atoms with E-state index in [4.69, 9.17) is 21.4 Å². The lowest BCUT2D eigenvalue weighted by Gasteiger charge is -2.28. The fourth-order valence-corrected chi connectivity index (χ4v) is 4.05. The maximum absolute atomic E-state index is 13.0. The monoisotopic (exact) mass is 405 g/mol. The number of aromatic nitrogens is 2. The molecular weight excluding hydrogens is 390 g/mol. The van der Waals surface area contributed by atoms with Crippen molar-refractivity contribution >= 4 is 34.7 Å². The average Bonchev–Trinajstić information content (AvgIpc) is 2.72. The number of aromatic amines is 2. The Hall–Kier alpha value is -3.65. The zero-order chi connectivity index (χ0) is 20.1. The molecule has 5 rings (SSSR count). The largest absolute Gasteiger partial charge is 0.497 e. The minimum absolute atomic E-state index is 0.196. The summed E-state index contributed by atoms with van der Waals surface area (Å²) in [5.41, 5.74) is 1.62. The molecule has 8 heteroatoms. The molecule has 0 saturated carbocycles. The highest BCUT2D eigenvalue weighted by molar-refractivity contribution is 7.71. The van der Waals surface area contributed by atoms with E-state index in [0.717, 1.165) is 10.9 Å². The van der Waals surface area contributed by atoms with Gasteiger partial charge in [-0.05, 0) is 42.0 Å². The van der Waals surface area contributed by atoms with Crippen LogP contribution in [0.2, 0.25) is 0 Å². The highest BCUT2D eigenvalue weighted by Gasteiger charge is 2.35. The third-order valence-electron chi connectivity index (χ3n) is 5.08. The van der Waals surface area contributed by atoms with E-state index >= 15 is 0 Å². The van der Waals surface area contributed by atoms with Crippen LogP contribution in [-0.2, 0) is 0 Å². The lowest BCUT2D eigenvalue weighted by molar-refractivity contribution is 0.414. The van der Waals surface area contributed by atoms with Gasteiger partial charge in [0, 0.05) is 5.39 Å². The average molecular weight is 405 g/mol. The van der Waals surface area contributed by atoms with Crippen LogP contribution in [0.5, 0.6) is 5.75 Å². The first kappa shape index (κ1) is 17.4. The first-order valence-corrected chi connectivity index (χ1v) is 9.31. The summed E-state index contributed by atoms with van der Waals surface area (Å²) in [5, 5.41) is 3.94. The molecule has 2 aromatic heterocycles. The molecule has 1 aliphatic heterocycles. The van der Waals surface area contributed by atoms with Crippen LogP contribution in [0.4, 0.5) is 11.5 Å². The predicted molar refractivity (Wildman–Crippen MR) is 112 cm³/mol. The quantitative estimate of drug-likeness (QED) is 0.305. The van der Waals surface area contributed by atoms with Gasteiger partial charge in [-0.25, -0.2) is 4.79 Å². The summed E-state index contributed by atoms with van der Waals surface area (Å²) in [7, 11) is 1.56. The summed E-state index contributed by atoms with van der Waals surface area (Å²) >= 11 is 5.15. The second kappa shape index (κ2) is 6.46. The highest BCUT2D eigenvalue weighted by atomic mass is 32.1. The Balaban J connectivity index is 1.92. The molecule has 1 aliphatic rings. The topological polar surface area (TPSA) is 100 Å². The number of benzene rings is 2. The second-order valence-electron chi connectivity index (χ2n) is 6.71. The van der Waals surface area contributed by atoms with Crippen molar-refractivity contribution in [3.8, 4) is 5.75 Å². The molecule has 0 radical (unpaired) electrons. The predicted octanol–water partition coefficient (Wildman–Crippen LogP) is 3.78. The van der Waals surface area contributed by atoms with E-state index < -0.39 is 11.5 Å². The summed E-state index contributed by atoms with van der Waals surface area (Å²) in [6.07, 6.45) is 0. The Morgan fingerprint density at radius 3 is 2.69 bits per heavy atom. The van der Waals surface area contributed by atoms with Gasteiger partial charge in [-0.1, -0.05) is 24.3 Å². The minimum atomic E-state index is -0.659. The molecule has 1 unspecified atom stereocenters. The number of fused-ring (bicyclic) bond motifs is 4. The number of methoxy groups -OCH3 is 1. The van der Waals surface area contributed by atoms with Crippen molar-refractivity contribution < 1.29 is 9.15 Å². The van der Waals surface area contributed by atoms with E-state index in [2.05, 4.69) is 15.3 Å². The van der Waals surface area contributed by atoms with Crippen molar-refractivity contribution in [2.75, 3.05) is 12.4 Å². The third-order valence-corrected chi connectivity index (χ3v) is 5.29. The van der Waals surface area contributed by atoms with Crippen LogP contribution < -0.4 is 21.2 Å². The molecule has 29 heavy (non-hydrogen) atoms. The fraction of sp³-hybridized carbons (Fsp3) is 0.0952. The molecule has 3 N–H and O–H groups in total. The van der Waals surface area contributed by atoms with Crippen molar-refractivity contribution in [2.45, 2.75) is 5.92 Å². The van der Waals surface area contributed by atoms with E-state index in [0.29, 0.717) is 34.0 Å². The van der Waals surface area contributed by atoms with Gasteiger partial charge in [-0.15, -0.1) is 0 Å². The molecule has 0 spiro atoms. The number of ether oxygens (including phenoxy) is 1. The van der Waals surface area contributed by atoms with E-state index in [-0.39, 0.29) is 10.3 Å². The minimum Gasteiger partial charge on any atom is -0.497 e. The lowest BCUT2D eigenvalue weighted by atomic mass is 9.83. The fourth-order valence-electron chi connectivity index (χ4n) is 3.85. The van der Waals surface area contributed by atoms with Crippen LogP contribution in [0.25, 0.3) is 11.0 Å². The van der Waals surface area contributed by atoms with E-state index in [9.17, 15) is 9.59 Å². The van der Waals surface area contributed by atoms with Gasteiger partial charge in [0.15, 0.2) is 4.77 Å². The van der Waals surface area contributed by atoms with E-state index in [1.165, 1.54) is 0 Å². The molecule has 4 aromatic rings. The van der Waals surface area contributed by atoms with Gasteiger partial charge in [0.1, 0.15) is 17.2 Å². The SMILES string of the molecule is COc1cccc(C2c3c([nH]c(=S)[nH]c3=O)Nc3c2c(=O)oc2ccccc32)c1. The maximum Gasteiger partial charge on any atom is 0.342 e. The normalized spacial score (nSPS) is 14.7. The molecular formula is C21H15N3O4S. The van der Waals surface area contributed by atoms with Crippen LogP contribution in [0, 0.1) is 4.77 Å². The Bertz CT molecular complexity index is 1450. The molecule has 0 amide bonds. The number of anilines is 2. The summed E-state index contributed by atoms with van der Waals surface area (Å²) in [5.74, 6) is 0.414. The summed E-state index contributed by atoms with van der Waals surface area (Å²) in [6.45, 7) is 0. The molecule has 3 heterocycles. The van der Waals surface area contributed by atoms with Gasteiger partial charge < -0.3 is 19.5 Å². The molecule has 0 fully saturated rings. The van der Waals surface area contributed by atoms with Crippen LogP contribution >= 0.6 is 12.2 Å². The Morgan fingerprint density at radius 1 is 1.03 bits per heavy atom. The molecule has 2 aromatic carbocycles. The van der Waals surface area contributed by atoms with Gasteiger partial charge >= 0.3 is 5.63 Å². The molecule has 0 saturated heterocycles. The maximum atomic E-state index is 13.0. The molecule has 0 aliphatic carbocycles. The standard InChI is InChI=1S/C21H15N3O4S/c1-27-11-6-4-5-10(9-11)14-15-17(12-7-2-3-8-13(12)28-20(15)26)22-18-16(14)19(25)24-21(29)23-18/h2-9,14H,1H3,(H3,22,23,24,25,29). The number of nitrogens with one attached hydrogen (secondary N) is 3. The van der Waals surface area contributed by atoms with Crippen molar-refractivity contribution in [1.82, 2.24) is 9.97 Å². The zero-order valence-corrected chi connectivity index (χ0v) is 16.1. The summed E-state index contributed by atoms with van der Waals surface area (Å²) in [4.78, 5) is 31.5. The Morgan fingerprint density at radius 2 is 1.86 bits per heavy atom. The number of rotatable bonds is 2. The molecule has 1 atom stereocenters. The Kier molecular flexibility index (Phi) is 3.88. The first-order chi connectivity index (χ1) is 14.1. The summed E-state index contributed by atoms with van der Waals surface area (Å²) in [6, 6.07) is 14.5.